The fourth-order valence-electron chi connectivity index (χ4n) is 4.03. The second kappa shape index (κ2) is 10.2. The van der Waals surface area contributed by atoms with Gasteiger partial charge in [0, 0.05) is 22.3 Å². The second-order valence-corrected chi connectivity index (χ2v) is 7.66. The first kappa shape index (κ1) is 28.8. The van der Waals surface area contributed by atoms with E-state index in [9.17, 15) is 63.8 Å². The smallest absolute Gasteiger partial charge is 0.339 e. The summed E-state index contributed by atoms with van der Waals surface area (Å²) in [7, 11) is 0. The van der Waals surface area contributed by atoms with Gasteiger partial charge in [-0.25, -0.2) is 46.3 Å². The SMILES string of the molecule is O=C(O)c1cccc(-c2c(F)c(F)c(C(=O)O)c(C(=O)O)c2-c2c(F)c(F)cc(C(=O)O)c2C(=O)O)c1C(=O)O. The summed E-state index contributed by atoms with van der Waals surface area (Å²) in [5.41, 5.74) is -16.5. The molecule has 0 spiro atoms. The topological polar surface area (TPSA) is 224 Å². The van der Waals surface area contributed by atoms with E-state index in [1.54, 1.807) is 0 Å². The molecule has 3 aromatic rings. The van der Waals surface area contributed by atoms with Gasteiger partial charge in [-0.2, -0.15) is 0 Å². The molecular weight excluding hydrogens is 556 g/mol. The van der Waals surface area contributed by atoms with Crippen LogP contribution < -0.4 is 0 Å². The minimum absolute atomic E-state index is 0.142. The number of carbonyl (C=O) groups is 6. The van der Waals surface area contributed by atoms with E-state index in [0.29, 0.717) is 12.1 Å². The molecule has 0 amide bonds. The number of carboxylic acid groups (broad SMARTS) is 6. The van der Waals surface area contributed by atoms with Crippen molar-refractivity contribution in [1.29, 1.82) is 0 Å². The van der Waals surface area contributed by atoms with Gasteiger partial charge >= 0.3 is 35.8 Å². The molecule has 3 aromatic carbocycles. The van der Waals surface area contributed by atoms with Crippen LogP contribution in [0.4, 0.5) is 17.6 Å². The first-order valence-corrected chi connectivity index (χ1v) is 10.1. The highest BCUT2D eigenvalue weighted by Crippen LogP contribution is 2.45. The summed E-state index contributed by atoms with van der Waals surface area (Å²) in [5.74, 6) is -23.3. The number of hydrogen-bond donors (Lipinski definition) is 6. The van der Waals surface area contributed by atoms with Crippen LogP contribution >= 0.6 is 0 Å². The van der Waals surface area contributed by atoms with E-state index in [1.807, 2.05) is 0 Å². The van der Waals surface area contributed by atoms with Crippen molar-refractivity contribution >= 4 is 35.8 Å². The van der Waals surface area contributed by atoms with Crippen molar-refractivity contribution in [2.75, 3.05) is 0 Å². The van der Waals surface area contributed by atoms with Crippen LogP contribution in [0.5, 0.6) is 0 Å². The number of hydrogen-bond acceptors (Lipinski definition) is 6. The van der Waals surface area contributed by atoms with Crippen molar-refractivity contribution < 1.29 is 77.0 Å². The van der Waals surface area contributed by atoms with Gasteiger partial charge in [-0.15, -0.1) is 0 Å². The summed E-state index contributed by atoms with van der Waals surface area (Å²) in [4.78, 5) is 71.3. The molecule has 206 valence electrons. The van der Waals surface area contributed by atoms with Gasteiger partial charge in [-0.3, -0.25) is 0 Å². The lowest BCUT2D eigenvalue weighted by Crippen LogP contribution is -2.20. The van der Waals surface area contributed by atoms with Crippen LogP contribution in [0.1, 0.15) is 62.1 Å². The van der Waals surface area contributed by atoms with Crippen LogP contribution in [0.15, 0.2) is 24.3 Å². The molecule has 0 radical (unpaired) electrons. The largest absolute Gasteiger partial charge is 0.478 e. The van der Waals surface area contributed by atoms with Crippen molar-refractivity contribution in [3.63, 3.8) is 0 Å². The van der Waals surface area contributed by atoms with Gasteiger partial charge in [0.15, 0.2) is 23.3 Å². The van der Waals surface area contributed by atoms with Gasteiger partial charge in [-0.05, 0) is 12.1 Å². The first-order chi connectivity index (χ1) is 18.5. The van der Waals surface area contributed by atoms with E-state index in [4.69, 9.17) is 0 Å². The van der Waals surface area contributed by atoms with Crippen molar-refractivity contribution in [3.05, 3.63) is 80.9 Å². The normalized spacial score (nSPS) is 10.7. The summed E-state index contributed by atoms with van der Waals surface area (Å²) in [6.45, 7) is 0. The maximum atomic E-state index is 15.6. The van der Waals surface area contributed by atoms with E-state index in [-0.39, 0.29) is 6.07 Å². The Labute approximate surface area is 216 Å². The third-order valence-electron chi connectivity index (χ3n) is 5.50. The third-order valence-corrected chi connectivity index (χ3v) is 5.50. The summed E-state index contributed by atoms with van der Waals surface area (Å²) in [5, 5.41) is 57.3. The minimum Gasteiger partial charge on any atom is -0.478 e. The molecule has 12 nitrogen and oxygen atoms in total. The summed E-state index contributed by atoms with van der Waals surface area (Å²) >= 11 is 0. The molecular formula is C24H10F4O12. The third kappa shape index (κ3) is 4.42. The van der Waals surface area contributed by atoms with Gasteiger partial charge in [0.25, 0.3) is 0 Å². The number of aromatic carboxylic acids is 6. The van der Waals surface area contributed by atoms with Crippen molar-refractivity contribution in [2.45, 2.75) is 0 Å². The Morgan fingerprint density at radius 3 is 1.43 bits per heavy atom. The summed E-state index contributed by atoms with van der Waals surface area (Å²) in [6.07, 6.45) is 0. The highest BCUT2D eigenvalue weighted by Gasteiger charge is 2.39. The molecule has 0 saturated heterocycles. The Morgan fingerprint density at radius 2 is 0.975 bits per heavy atom. The molecule has 0 fully saturated rings. The summed E-state index contributed by atoms with van der Waals surface area (Å²) < 4.78 is 60.6. The lowest BCUT2D eigenvalue weighted by Gasteiger charge is -2.21. The minimum atomic E-state index is -2.52. The molecule has 3 rings (SSSR count). The molecule has 40 heavy (non-hydrogen) atoms. The van der Waals surface area contributed by atoms with Gasteiger partial charge in [0.2, 0.25) is 0 Å². The molecule has 0 aromatic heterocycles. The van der Waals surface area contributed by atoms with Crippen molar-refractivity contribution in [1.82, 2.24) is 0 Å². The molecule has 0 aliphatic rings. The Morgan fingerprint density at radius 1 is 0.475 bits per heavy atom. The maximum absolute atomic E-state index is 15.6. The van der Waals surface area contributed by atoms with Crippen LogP contribution in [-0.2, 0) is 0 Å². The Bertz CT molecular complexity index is 1710. The number of benzene rings is 3. The van der Waals surface area contributed by atoms with Crippen LogP contribution in [0.2, 0.25) is 0 Å². The molecule has 16 heteroatoms. The van der Waals surface area contributed by atoms with Gasteiger partial charge in [-0.1, -0.05) is 12.1 Å². The molecule has 6 N–H and O–H groups in total. The predicted octanol–water partition coefficient (Wildman–Crippen LogP) is 3.77. The van der Waals surface area contributed by atoms with Gasteiger partial charge < -0.3 is 30.6 Å². The lowest BCUT2D eigenvalue weighted by molar-refractivity contribution is 0.0645. The van der Waals surface area contributed by atoms with E-state index in [2.05, 4.69) is 0 Å². The molecule has 0 saturated carbocycles. The Balaban J connectivity index is 2.90. The van der Waals surface area contributed by atoms with Gasteiger partial charge in [0.05, 0.1) is 27.8 Å². The number of halogens is 4. The molecule has 0 atom stereocenters. The Hall–Kier alpha value is -5.80. The highest BCUT2D eigenvalue weighted by molar-refractivity contribution is 6.16. The number of rotatable bonds is 8. The van der Waals surface area contributed by atoms with Crippen LogP contribution in [-0.4, -0.2) is 66.5 Å². The average Bonchev–Trinajstić information content (AvgIpc) is 2.85. The van der Waals surface area contributed by atoms with Crippen LogP contribution in [0, 0.1) is 23.3 Å². The standard InChI is InChI=1S/C24H10F4O12/c25-8-4-7(20(31)32)11(22(35)36)13(16(8)26)12-10(5-2-1-3-6(19(29)30)9(5)21(33)34)17(27)18(28)15(24(39)40)14(12)23(37)38/h1-4H,(H,29,30)(H,31,32)(H,33,34)(H,35,36)(H,37,38)(H,39,40). The second-order valence-electron chi connectivity index (χ2n) is 7.66. The lowest BCUT2D eigenvalue weighted by atomic mass is 9.81. The highest BCUT2D eigenvalue weighted by atomic mass is 19.2. The van der Waals surface area contributed by atoms with Crippen LogP contribution in [0.25, 0.3) is 22.3 Å². The van der Waals surface area contributed by atoms with Crippen LogP contribution in [0.3, 0.4) is 0 Å². The molecule has 0 bridgehead atoms. The molecule has 0 aliphatic heterocycles. The summed E-state index contributed by atoms with van der Waals surface area (Å²) in [6, 6.07) is 1.80. The quantitative estimate of drug-likeness (QED) is 0.214. The van der Waals surface area contributed by atoms with E-state index < -0.39 is 115 Å². The van der Waals surface area contributed by atoms with E-state index >= 15 is 13.2 Å². The first-order valence-electron chi connectivity index (χ1n) is 10.1. The van der Waals surface area contributed by atoms with E-state index in [1.165, 1.54) is 0 Å². The zero-order chi connectivity index (χ0) is 30.4. The molecule has 0 heterocycles. The fourth-order valence-corrected chi connectivity index (χ4v) is 4.03. The average molecular weight is 566 g/mol. The molecule has 0 unspecified atom stereocenters. The van der Waals surface area contributed by atoms with Crippen molar-refractivity contribution in [3.8, 4) is 22.3 Å². The Kier molecular flexibility index (Phi) is 7.31. The predicted molar refractivity (Wildman–Crippen MR) is 119 cm³/mol. The van der Waals surface area contributed by atoms with Gasteiger partial charge in [0.1, 0.15) is 5.56 Å². The zero-order valence-electron chi connectivity index (χ0n) is 19.0. The zero-order valence-corrected chi connectivity index (χ0v) is 19.0. The fraction of sp³-hybridized carbons (Fsp3) is 0. The number of carboxylic acids is 6. The monoisotopic (exact) mass is 566 g/mol. The van der Waals surface area contributed by atoms with Crippen molar-refractivity contribution in [2.24, 2.45) is 0 Å². The van der Waals surface area contributed by atoms with E-state index in [0.717, 1.165) is 6.07 Å². The maximum Gasteiger partial charge on any atom is 0.339 e. The molecule has 0 aliphatic carbocycles.